The summed E-state index contributed by atoms with van der Waals surface area (Å²) >= 11 is 1.45. The van der Waals surface area contributed by atoms with Gasteiger partial charge in [-0.05, 0) is 24.8 Å². The lowest BCUT2D eigenvalue weighted by molar-refractivity contribution is 0.968. The molecule has 0 aliphatic carbocycles. The van der Waals surface area contributed by atoms with Gasteiger partial charge in [-0.2, -0.15) is 5.26 Å². The molecule has 5 heteroatoms. The number of aromatic nitrogens is 2. The number of benzene rings is 1. The number of hydrogen-bond donors (Lipinski definition) is 1. The van der Waals surface area contributed by atoms with Gasteiger partial charge in [0.05, 0.1) is 6.20 Å². The zero-order chi connectivity index (χ0) is 13.0. The molecule has 0 bridgehead atoms. The van der Waals surface area contributed by atoms with Crippen molar-refractivity contribution < 1.29 is 0 Å². The first-order valence-corrected chi connectivity index (χ1v) is 6.61. The van der Waals surface area contributed by atoms with Gasteiger partial charge in [0.25, 0.3) is 0 Å². The van der Waals surface area contributed by atoms with Crippen LogP contribution in [0.3, 0.4) is 0 Å². The van der Waals surface area contributed by atoms with Crippen LogP contribution in [0.1, 0.15) is 11.1 Å². The van der Waals surface area contributed by atoms with Crippen molar-refractivity contribution in [3.8, 4) is 6.07 Å². The van der Waals surface area contributed by atoms with Crippen LogP contribution in [0, 0.1) is 18.3 Å². The molecule has 2 rings (SSSR count). The maximum absolute atomic E-state index is 9.05. The van der Waals surface area contributed by atoms with Crippen LogP contribution in [0.4, 0.5) is 11.5 Å². The average molecular weight is 256 g/mol. The minimum Gasteiger partial charge on any atom is -0.339 e. The number of rotatable bonds is 3. The minimum atomic E-state index is 0.441. The summed E-state index contributed by atoms with van der Waals surface area (Å²) in [6.45, 7) is 2.01. The van der Waals surface area contributed by atoms with E-state index >= 15 is 0 Å². The molecule has 2 aromatic rings. The number of thioether (sulfide) groups is 1. The Morgan fingerprint density at radius 3 is 2.78 bits per heavy atom. The van der Waals surface area contributed by atoms with Crippen LogP contribution in [0.5, 0.6) is 0 Å². The maximum atomic E-state index is 9.05. The fourth-order valence-corrected chi connectivity index (χ4v) is 1.82. The summed E-state index contributed by atoms with van der Waals surface area (Å²) in [6.07, 6.45) is 3.44. The molecule has 1 aromatic heterocycles. The number of hydrogen-bond acceptors (Lipinski definition) is 5. The summed E-state index contributed by atoms with van der Waals surface area (Å²) in [6, 6.07) is 9.96. The fourth-order valence-electron chi connectivity index (χ4n) is 1.48. The van der Waals surface area contributed by atoms with E-state index in [1.165, 1.54) is 11.8 Å². The molecule has 0 saturated heterocycles. The second kappa shape index (κ2) is 5.52. The molecular weight excluding hydrogens is 244 g/mol. The van der Waals surface area contributed by atoms with Crippen molar-refractivity contribution in [1.82, 2.24) is 9.97 Å². The van der Waals surface area contributed by atoms with Crippen LogP contribution >= 0.6 is 11.8 Å². The first-order chi connectivity index (χ1) is 8.74. The van der Waals surface area contributed by atoms with Crippen molar-refractivity contribution in [1.29, 1.82) is 5.26 Å². The zero-order valence-corrected chi connectivity index (χ0v) is 11.0. The molecule has 0 unspecified atom stereocenters. The third-order valence-electron chi connectivity index (χ3n) is 2.47. The van der Waals surface area contributed by atoms with Gasteiger partial charge >= 0.3 is 0 Å². The molecular formula is C13H12N4S. The maximum Gasteiger partial charge on any atom is 0.189 e. The molecule has 0 aliphatic rings. The first-order valence-electron chi connectivity index (χ1n) is 5.38. The number of anilines is 2. The van der Waals surface area contributed by atoms with E-state index in [0.29, 0.717) is 16.5 Å². The molecule has 0 aliphatic heterocycles. The van der Waals surface area contributed by atoms with E-state index in [0.717, 1.165) is 11.3 Å². The summed E-state index contributed by atoms with van der Waals surface area (Å²) in [5.74, 6) is 0.547. The SMILES string of the molecule is CSc1ncc(C#N)c(Nc2ccccc2C)n1. The Morgan fingerprint density at radius 2 is 2.11 bits per heavy atom. The van der Waals surface area contributed by atoms with Crippen molar-refractivity contribution in [3.05, 3.63) is 41.6 Å². The van der Waals surface area contributed by atoms with E-state index in [9.17, 15) is 0 Å². The molecule has 0 amide bonds. The number of nitrogens with one attached hydrogen (secondary N) is 1. The van der Waals surface area contributed by atoms with Crippen LogP contribution in [0.15, 0.2) is 35.6 Å². The summed E-state index contributed by atoms with van der Waals surface area (Å²) < 4.78 is 0. The molecule has 0 saturated carbocycles. The van der Waals surface area contributed by atoms with Gasteiger partial charge in [0.1, 0.15) is 11.6 Å². The van der Waals surface area contributed by atoms with Gasteiger partial charge in [-0.3, -0.25) is 0 Å². The van der Waals surface area contributed by atoms with Crippen molar-refractivity contribution in [2.75, 3.05) is 11.6 Å². The molecule has 0 spiro atoms. The Hall–Kier alpha value is -2.06. The molecule has 1 heterocycles. The quantitative estimate of drug-likeness (QED) is 0.675. The predicted molar refractivity (Wildman–Crippen MR) is 73.0 cm³/mol. The van der Waals surface area contributed by atoms with Gasteiger partial charge < -0.3 is 5.32 Å². The van der Waals surface area contributed by atoms with Gasteiger partial charge in [0, 0.05) is 5.69 Å². The van der Waals surface area contributed by atoms with Crippen molar-refractivity contribution in [2.24, 2.45) is 0 Å². The Kier molecular flexibility index (Phi) is 3.80. The molecule has 0 radical (unpaired) electrons. The Labute approximate surface area is 110 Å². The number of para-hydroxylation sites is 1. The molecule has 1 aromatic carbocycles. The number of aryl methyl sites for hydroxylation is 1. The lowest BCUT2D eigenvalue weighted by Gasteiger charge is -2.10. The zero-order valence-electron chi connectivity index (χ0n) is 10.1. The highest BCUT2D eigenvalue weighted by Crippen LogP contribution is 2.22. The summed E-state index contributed by atoms with van der Waals surface area (Å²) in [4.78, 5) is 8.40. The lowest BCUT2D eigenvalue weighted by Crippen LogP contribution is -2.00. The molecule has 4 nitrogen and oxygen atoms in total. The highest BCUT2D eigenvalue weighted by atomic mass is 32.2. The standard InChI is InChI=1S/C13H12N4S/c1-9-5-3-4-6-11(9)16-12-10(7-14)8-15-13(17-12)18-2/h3-6,8H,1-2H3,(H,15,16,17). The van der Waals surface area contributed by atoms with Gasteiger partial charge in [0.2, 0.25) is 0 Å². The summed E-state index contributed by atoms with van der Waals surface area (Å²) in [5.41, 5.74) is 2.49. The second-order valence-corrected chi connectivity index (χ2v) is 4.44. The van der Waals surface area contributed by atoms with Gasteiger partial charge in [-0.25, -0.2) is 9.97 Å². The van der Waals surface area contributed by atoms with E-state index in [1.807, 2.05) is 37.4 Å². The molecule has 1 N–H and O–H groups in total. The number of nitrogens with zero attached hydrogens (tertiary/aromatic N) is 3. The van der Waals surface area contributed by atoms with Gasteiger partial charge in [0.15, 0.2) is 11.0 Å². The molecule has 18 heavy (non-hydrogen) atoms. The monoisotopic (exact) mass is 256 g/mol. The Balaban J connectivity index is 2.39. The largest absolute Gasteiger partial charge is 0.339 e. The lowest BCUT2D eigenvalue weighted by atomic mass is 10.2. The summed E-state index contributed by atoms with van der Waals surface area (Å²) in [7, 11) is 0. The summed E-state index contributed by atoms with van der Waals surface area (Å²) in [5, 5.41) is 12.9. The van der Waals surface area contributed by atoms with E-state index in [-0.39, 0.29) is 0 Å². The normalized spacial score (nSPS) is 9.83. The Morgan fingerprint density at radius 1 is 1.33 bits per heavy atom. The number of nitriles is 1. The average Bonchev–Trinajstić information content (AvgIpc) is 2.41. The third-order valence-corrected chi connectivity index (χ3v) is 3.03. The predicted octanol–water partition coefficient (Wildman–Crippen LogP) is 3.12. The van der Waals surface area contributed by atoms with Crippen LogP contribution in [0.25, 0.3) is 0 Å². The van der Waals surface area contributed by atoms with Crippen molar-refractivity contribution in [2.45, 2.75) is 12.1 Å². The highest BCUT2D eigenvalue weighted by Gasteiger charge is 2.07. The van der Waals surface area contributed by atoms with Crippen LogP contribution in [-0.4, -0.2) is 16.2 Å². The van der Waals surface area contributed by atoms with Crippen LogP contribution < -0.4 is 5.32 Å². The molecule has 90 valence electrons. The van der Waals surface area contributed by atoms with Gasteiger partial charge in [-0.15, -0.1) is 0 Å². The fraction of sp³-hybridized carbons (Fsp3) is 0.154. The first kappa shape index (κ1) is 12.4. The topological polar surface area (TPSA) is 61.6 Å². The molecule has 0 fully saturated rings. The van der Waals surface area contributed by atoms with E-state index in [1.54, 1.807) is 6.20 Å². The molecule has 0 atom stereocenters. The van der Waals surface area contributed by atoms with Crippen LogP contribution in [-0.2, 0) is 0 Å². The van der Waals surface area contributed by atoms with Crippen molar-refractivity contribution >= 4 is 23.3 Å². The van der Waals surface area contributed by atoms with E-state index < -0.39 is 0 Å². The highest BCUT2D eigenvalue weighted by molar-refractivity contribution is 7.98. The van der Waals surface area contributed by atoms with Crippen LogP contribution in [0.2, 0.25) is 0 Å². The second-order valence-electron chi connectivity index (χ2n) is 3.67. The minimum absolute atomic E-state index is 0.441. The van der Waals surface area contributed by atoms with E-state index in [2.05, 4.69) is 21.4 Å². The smallest absolute Gasteiger partial charge is 0.189 e. The van der Waals surface area contributed by atoms with Gasteiger partial charge in [-0.1, -0.05) is 30.0 Å². The Bertz CT molecular complexity index is 604. The van der Waals surface area contributed by atoms with Crippen molar-refractivity contribution in [3.63, 3.8) is 0 Å². The van der Waals surface area contributed by atoms with E-state index in [4.69, 9.17) is 5.26 Å². The third kappa shape index (κ3) is 2.60.